The second-order valence-corrected chi connectivity index (χ2v) is 3.68. The Balaban J connectivity index is 1.78. The Kier molecular flexibility index (Phi) is 3.45. The summed E-state index contributed by atoms with van der Waals surface area (Å²) in [4.78, 5) is 0. The van der Waals surface area contributed by atoms with Gasteiger partial charge in [-0.3, -0.25) is 0 Å². The minimum absolute atomic E-state index is 0.126. The van der Waals surface area contributed by atoms with Crippen LogP contribution in [0.2, 0.25) is 0 Å². The molecule has 0 aliphatic carbocycles. The van der Waals surface area contributed by atoms with Gasteiger partial charge in [0.25, 0.3) is 0 Å². The fraction of sp³-hybridized carbons (Fsp3) is 0.308. The van der Waals surface area contributed by atoms with Crippen LogP contribution in [0.4, 0.5) is 0 Å². The third-order valence-corrected chi connectivity index (χ3v) is 2.48. The van der Waals surface area contributed by atoms with Gasteiger partial charge < -0.3 is 9.47 Å². The molecule has 0 radical (unpaired) electrons. The van der Waals surface area contributed by atoms with E-state index in [0.717, 1.165) is 19.3 Å². The lowest BCUT2D eigenvalue weighted by molar-refractivity contribution is -0.0290. The number of hydrogen-bond acceptors (Lipinski definition) is 3. The van der Waals surface area contributed by atoms with Gasteiger partial charge in [-0.15, -0.1) is 0 Å². The van der Waals surface area contributed by atoms with Crippen molar-refractivity contribution in [3.05, 3.63) is 47.9 Å². The van der Waals surface area contributed by atoms with Gasteiger partial charge >= 0.3 is 0 Å². The zero-order chi connectivity index (χ0) is 11.2. The fourth-order valence-corrected chi connectivity index (χ4v) is 1.68. The van der Waals surface area contributed by atoms with Crippen molar-refractivity contribution >= 4 is 0 Å². The predicted octanol–water partition coefficient (Wildman–Crippen LogP) is 2.73. The average molecular weight is 215 g/mol. The number of hydrogen-bond donors (Lipinski definition) is 0. The van der Waals surface area contributed by atoms with Crippen molar-refractivity contribution < 1.29 is 9.47 Å². The molecule has 0 saturated heterocycles. The molecule has 1 aromatic rings. The smallest absolute Gasteiger partial charge is 0.239 e. The lowest BCUT2D eigenvalue weighted by Gasteiger charge is -2.09. The van der Waals surface area contributed by atoms with Crippen LogP contribution in [-0.4, -0.2) is 6.29 Å². The van der Waals surface area contributed by atoms with Crippen LogP contribution < -0.4 is 0 Å². The van der Waals surface area contributed by atoms with Crippen molar-refractivity contribution in [2.45, 2.75) is 25.6 Å². The summed E-state index contributed by atoms with van der Waals surface area (Å²) in [6, 6.07) is 9.83. The summed E-state index contributed by atoms with van der Waals surface area (Å²) in [5.74, 6) is 0. The molecule has 2 rings (SSSR count). The van der Waals surface area contributed by atoms with Gasteiger partial charge in [-0.25, -0.2) is 0 Å². The van der Waals surface area contributed by atoms with E-state index in [1.807, 2.05) is 24.3 Å². The average Bonchev–Trinajstić information content (AvgIpc) is 2.82. The number of nitrogens with zero attached hydrogens (tertiary/aromatic N) is 1. The van der Waals surface area contributed by atoms with Gasteiger partial charge in [0.15, 0.2) is 0 Å². The maximum absolute atomic E-state index is 8.76. The van der Waals surface area contributed by atoms with E-state index in [9.17, 15) is 0 Å². The van der Waals surface area contributed by atoms with Crippen LogP contribution in [0.15, 0.2) is 36.8 Å². The van der Waals surface area contributed by atoms with Gasteiger partial charge in [-0.05, 0) is 30.5 Å². The Morgan fingerprint density at radius 2 is 2.06 bits per heavy atom. The Morgan fingerprint density at radius 3 is 2.81 bits per heavy atom. The number of aryl methyl sites for hydroxylation is 1. The zero-order valence-electron chi connectivity index (χ0n) is 8.93. The van der Waals surface area contributed by atoms with Crippen LogP contribution in [0, 0.1) is 11.3 Å². The summed E-state index contributed by atoms with van der Waals surface area (Å²) in [6.07, 6.45) is 5.81. The van der Waals surface area contributed by atoms with Gasteiger partial charge in [0.05, 0.1) is 11.6 Å². The summed E-state index contributed by atoms with van der Waals surface area (Å²) in [5, 5.41) is 8.76. The van der Waals surface area contributed by atoms with Crippen molar-refractivity contribution in [3.8, 4) is 6.07 Å². The van der Waals surface area contributed by atoms with Gasteiger partial charge in [-0.2, -0.15) is 5.26 Å². The molecule has 82 valence electrons. The second kappa shape index (κ2) is 5.22. The first-order valence-corrected chi connectivity index (χ1v) is 5.33. The van der Waals surface area contributed by atoms with Crippen LogP contribution in [0.5, 0.6) is 0 Å². The summed E-state index contributed by atoms with van der Waals surface area (Å²) in [7, 11) is 0. The van der Waals surface area contributed by atoms with Crippen LogP contribution in [0.25, 0.3) is 0 Å². The van der Waals surface area contributed by atoms with Crippen molar-refractivity contribution in [2.24, 2.45) is 0 Å². The van der Waals surface area contributed by atoms with Crippen LogP contribution in [0.1, 0.15) is 24.0 Å². The number of rotatable bonds is 4. The van der Waals surface area contributed by atoms with Crippen molar-refractivity contribution in [2.75, 3.05) is 0 Å². The van der Waals surface area contributed by atoms with E-state index in [4.69, 9.17) is 14.7 Å². The Labute approximate surface area is 94.9 Å². The Bertz CT molecular complexity index is 412. The molecule has 1 heterocycles. The van der Waals surface area contributed by atoms with Gasteiger partial charge in [-0.1, -0.05) is 12.1 Å². The van der Waals surface area contributed by atoms with Crippen LogP contribution in [0.3, 0.4) is 0 Å². The standard InChI is InChI=1S/C13H13NO2/c14-10-12-5-1-3-11(9-12)4-2-6-13-15-7-8-16-13/h1,3,5,7-9,13H,2,4,6H2. The van der Waals surface area contributed by atoms with E-state index >= 15 is 0 Å². The number of ether oxygens (including phenoxy) is 2. The summed E-state index contributed by atoms with van der Waals surface area (Å²) in [5.41, 5.74) is 1.90. The van der Waals surface area contributed by atoms with Crippen molar-refractivity contribution in [3.63, 3.8) is 0 Å². The molecule has 0 spiro atoms. The molecule has 0 fully saturated rings. The lowest BCUT2D eigenvalue weighted by Crippen LogP contribution is -2.07. The van der Waals surface area contributed by atoms with Gasteiger partial charge in [0.2, 0.25) is 6.29 Å². The first-order chi connectivity index (χ1) is 7.88. The fourth-order valence-electron chi connectivity index (χ4n) is 1.68. The first-order valence-electron chi connectivity index (χ1n) is 5.33. The molecule has 3 nitrogen and oxygen atoms in total. The highest BCUT2D eigenvalue weighted by molar-refractivity contribution is 5.32. The lowest BCUT2D eigenvalue weighted by atomic mass is 10.1. The molecule has 0 aromatic heterocycles. The summed E-state index contributed by atoms with van der Waals surface area (Å²) >= 11 is 0. The highest BCUT2D eigenvalue weighted by Crippen LogP contribution is 2.14. The summed E-state index contributed by atoms with van der Waals surface area (Å²) in [6.45, 7) is 0. The van der Waals surface area contributed by atoms with Crippen LogP contribution >= 0.6 is 0 Å². The summed E-state index contributed by atoms with van der Waals surface area (Å²) < 4.78 is 10.4. The van der Waals surface area contributed by atoms with Gasteiger partial charge in [0, 0.05) is 6.42 Å². The Morgan fingerprint density at radius 1 is 1.25 bits per heavy atom. The molecule has 1 aliphatic rings. The first kappa shape index (κ1) is 10.6. The molecule has 0 N–H and O–H groups in total. The quantitative estimate of drug-likeness (QED) is 0.775. The maximum atomic E-state index is 8.76. The van der Waals surface area contributed by atoms with E-state index in [1.165, 1.54) is 5.56 Å². The second-order valence-electron chi connectivity index (χ2n) is 3.68. The Hall–Kier alpha value is -1.95. The van der Waals surface area contributed by atoms with E-state index < -0.39 is 0 Å². The van der Waals surface area contributed by atoms with E-state index in [1.54, 1.807) is 12.5 Å². The third kappa shape index (κ3) is 2.77. The van der Waals surface area contributed by atoms with E-state index in [-0.39, 0.29) is 6.29 Å². The van der Waals surface area contributed by atoms with Crippen LogP contribution in [-0.2, 0) is 15.9 Å². The molecule has 0 atom stereocenters. The predicted molar refractivity (Wildman–Crippen MR) is 59.2 cm³/mol. The van der Waals surface area contributed by atoms with Gasteiger partial charge in [0.1, 0.15) is 12.5 Å². The number of benzene rings is 1. The van der Waals surface area contributed by atoms with Crippen molar-refractivity contribution in [1.82, 2.24) is 0 Å². The molecular weight excluding hydrogens is 202 g/mol. The minimum atomic E-state index is -0.126. The maximum Gasteiger partial charge on any atom is 0.239 e. The highest BCUT2D eigenvalue weighted by atomic mass is 16.7. The highest BCUT2D eigenvalue weighted by Gasteiger charge is 2.11. The zero-order valence-corrected chi connectivity index (χ0v) is 8.93. The topological polar surface area (TPSA) is 42.2 Å². The molecule has 0 amide bonds. The molecule has 16 heavy (non-hydrogen) atoms. The number of nitriles is 1. The molecule has 0 bridgehead atoms. The molecular formula is C13H13NO2. The molecule has 0 unspecified atom stereocenters. The molecule has 1 aliphatic heterocycles. The SMILES string of the molecule is N#Cc1cccc(CCCC2OC=CO2)c1. The molecule has 1 aromatic carbocycles. The third-order valence-electron chi connectivity index (χ3n) is 2.48. The molecule has 0 saturated carbocycles. The van der Waals surface area contributed by atoms with Crippen molar-refractivity contribution in [1.29, 1.82) is 5.26 Å². The largest absolute Gasteiger partial charge is 0.459 e. The van der Waals surface area contributed by atoms with E-state index in [0.29, 0.717) is 5.56 Å². The monoisotopic (exact) mass is 215 g/mol. The normalized spacial score (nSPS) is 14.2. The van der Waals surface area contributed by atoms with E-state index in [2.05, 4.69) is 6.07 Å². The minimum Gasteiger partial charge on any atom is -0.459 e. The molecule has 3 heteroatoms.